The van der Waals surface area contributed by atoms with E-state index < -0.39 is 11.4 Å². The number of hydrogen-bond acceptors (Lipinski definition) is 5. The minimum absolute atomic E-state index is 0.110. The summed E-state index contributed by atoms with van der Waals surface area (Å²) in [4.78, 5) is 29.8. The van der Waals surface area contributed by atoms with Crippen LogP contribution in [0.5, 0.6) is 0 Å². The van der Waals surface area contributed by atoms with Crippen molar-refractivity contribution in [2.45, 2.75) is 25.7 Å². The van der Waals surface area contributed by atoms with Gasteiger partial charge in [0.1, 0.15) is 5.41 Å². The van der Waals surface area contributed by atoms with Crippen LogP contribution in [0.2, 0.25) is 0 Å². The molecule has 1 atom stereocenters. The van der Waals surface area contributed by atoms with Crippen molar-refractivity contribution in [3.05, 3.63) is 90.3 Å². The molecule has 3 rings (SSSR count). The van der Waals surface area contributed by atoms with Crippen molar-refractivity contribution in [2.24, 2.45) is 5.41 Å². The fourth-order valence-electron chi connectivity index (χ4n) is 3.61. The van der Waals surface area contributed by atoms with E-state index in [1.807, 2.05) is 60.7 Å². The number of ketones is 1. The number of carbonyl (C=O) groups is 2. The zero-order valence-electron chi connectivity index (χ0n) is 17.5. The molecule has 5 nitrogen and oxygen atoms in total. The Labute approximate surface area is 182 Å². The van der Waals surface area contributed by atoms with Crippen LogP contribution in [0.15, 0.2) is 79.0 Å². The van der Waals surface area contributed by atoms with Crippen LogP contribution in [0.4, 0.5) is 0 Å². The first-order chi connectivity index (χ1) is 15.1. The Morgan fingerprint density at radius 3 is 2.58 bits per heavy atom. The minimum atomic E-state index is -1.29. The maximum atomic E-state index is 12.8. The average Bonchev–Trinajstić information content (AvgIpc) is 2.81. The number of ether oxygens (including phenoxy) is 1. The van der Waals surface area contributed by atoms with Gasteiger partial charge in [-0.15, -0.1) is 0 Å². The second-order valence-electron chi connectivity index (χ2n) is 7.42. The molecule has 0 radical (unpaired) electrons. The number of benzene rings is 2. The first-order valence-corrected chi connectivity index (χ1v) is 10.1. The lowest BCUT2D eigenvalue weighted by molar-refractivity contribution is -0.149. The van der Waals surface area contributed by atoms with Crippen molar-refractivity contribution in [2.75, 3.05) is 7.11 Å². The van der Waals surface area contributed by atoms with Crippen molar-refractivity contribution >= 4 is 22.5 Å². The van der Waals surface area contributed by atoms with E-state index in [9.17, 15) is 14.9 Å². The summed E-state index contributed by atoms with van der Waals surface area (Å²) in [5.41, 5.74) is 0.462. The first-order valence-electron chi connectivity index (χ1n) is 10.1. The van der Waals surface area contributed by atoms with E-state index in [4.69, 9.17) is 4.74 Å². The summed E-state index contributed by atoms with van der Waals surface area (Å²) in [5, 5.41) is 11.4. The zero-order valence-corrected chi connectivity index (χ0v) is 17.5. The number of carbonyl (C=O) groups excluding carboxylic acids is 2. The van der Waals surface area contributed by atoms with Gasteiger partial charge in [-0.1, -0.05) is 60.7 Å². The van der Waals surface area contributed by atoms with Gasteiger partial charge < -0.3 is 4.74 Å². The molecule has 2 aromatic carbocycles. The SMILES string of the molecule is COC(=O)C(/C=C/C(=O)CCc1ccccc1)(CC#N)Cc1nccc2ccccc12. The molecule has 0 aliphatic heterocycles. The molecule has 0 spiro atoms. The lowest BCUT2D eigenvalue weighted by Crippen LogP contribution is -2.33. The molecule has 3 aromatic rings. The Morgan fingerprint density at radius 2 is 1.84 bits per heavy atom. The van der Waals surface area contributed by atoms with E-state index in [-0.39, 0.29) is 18.6 Å². The number of allylic oxidation sites excluding steroid dienone is 1. The second kappa shape index (κ2) is 10.3. The van der Waals surface area contributed by atoms with E-state index in [0.717, 1.165) is 16.3 Å². The molecule has 1 aromatic heterocycles. The summed E-state index contributed by atoms with van der Waals surface area (Å²) in [7, 11) is 1.29. The number of nitrogens with zero attached hydrogens (tertiary/aromatic N) is 2. The van der Waals surface area contributed by atoms with Crippen LogP contribution in [-0.4, -0.2) is 23.8 Å². The number of aryl methyl sites for hydroxylation is 1. The Balaban J connectivity index is 1.87. The van der Waals surface area contributed by atoms with Crippen LogP contribution in [0, 0.1) is 16.7 Å². The topological polar surface area (TPSA) is 80.0 Å². The molecule has 0 bridgehead atoms. The summed E-state index contributed by atoms with van der Waals surface area (Å²) < 4.78 is 5.03. The van der Waals surface area contributed by atoms with Crippen molar-refractivity contribution < 1.29 is 14.3 Å². The van der Waals surface area contributed by atoms with Crippen molar-refractivity contribution in [3.63, 3.8) is 0 Å². The van der Waals surface area contributed by atoms with Crippen molar-refractivity contribution in [3.8, 4) is 6.07 Å². The standard InChI is InChI=1S/C26H24N2O3/c1-31-25(30)26(16-17-27,15-13-22(29)12-11-20-7-3-2-4-8-20)19-24-23-10-6-5-9-21(23)14-18-28-24/h2-10,13-15,18H,11-12,16,19H2,1H3/b15-13+. The molecule has 0 fully saturated rings. The van der Waals surface area contributed by atoms with E-state index >= 15 is 0 Å². The van der Waals surface area contributed by atoms with E-state index in [1.165, 1.54) is 19.3 Å². The molecule has 0 saturated heterocycles. The van der Waals surface area contributed by atoms with Gasteiger partial charge in [0, 0.05) is 30.1 Å². The van der Waals surface area contributed by atoms with Gasteiger partial charge in [-0.25, -0.2) is 0 Å². The summed E-state index contributed by atoms with van der Waals surface area (Å²) in [6.07, 6.45) is 5.58. The average molecular weight is 412 g/mol. The zero-order chi connectivity index (χ0) is 22.1. The molecular formula is C26H24N2O3. The number of fused-ring (bicyclic) bond motifs is 1. The van der Waals surface area contributed by atoms with E-state index in [2.05, 4.69) is 11.1 Å². The maximum absolute atomic E-state index is 12.8. The van der Waals surface area contributed by atoms with Gasteiger partial charge in [0.25, 0.3) is 0 Å². The summed E-state index contributed by atoms with van der Waals surface area (Å²) >= 11 is 0. The number of rotatable bonds is 9. The van der Waals surface area contributed by atoms with Gasteiger partial charge in [-0.05, 0) is 29.5 Å². The molecular weight excluding hydrogens is 388 g/mol. The lowest BCUT2D eigenvalue weighted by atomic mass is 9.78. The molecule has 156 valence electrons. The number of esters is 1. The Kier molecular flexibility index (Phi) is 7.29. The highest BCUT2D eigenvalue weighted by Gasteiger charge is 2.38. The Bertz CT molecular complexity index is 1130. The summed E-state index contributed by atoms with van der Waals surface area (Å²) in [6.45, 7) is 0. The third kappa shape index (κ3) is 5.43. The molecule has 1 heterocycles. The quantitative estimate of drug-likeness (QED) is 0.379. The highest BCUT2D eigenvalue weighted by Crippen LogP contribution is 2.32. The molecule has 5 heteroatoms. The molecule has 0 aliphatic carbocycles. The third-order valence-corrected chi connectivity index (χ3v) is 5.32. The van der Waals surface area contributed by atoms with E-state index in [0.29, 0.717) is 18.5 Å². The van der Waals surface area contributed by atoms with Gasteiger partial charge in [0.2, 0.25) is 0 Å². The summed E-state index contributed by atoms with van der Waals surface area (Å²) in [6, 6.07) is 21.4. The van der Waals surface area contributed by atoms with Crippen LogP contribution in [-0.2, 0) is 27.2 Å². The molecule has 0 N–H and O–H groups in total. The van der Waals surface area contributed by atoms with Crippen molar-refractivity contribution in [1.82, 2.24) is 4.98 Å². The number of methoxy groups -OCH3 is 1. The van der Waals surface area contributed by atoms with E-state index in [1.54, 1.807) is 6.20 Å². The van der Waals surface area contributed by atoms with Crippen LogP contribution in [0.25, 0.3) is 10.8 Å². The maximum Gasteiger partial charge on any atom is 0.317 e. The van der Waals surface area contributed by atoms with Gasteiger partial charge in [-0.3, -0.25) is 14.6 Å². The number of nitriles is 1. The molecule has 0 aliphatic rings. The second-order valence-corrected chi connectivity index (χ2v) is 7.42. The van der Waals surface area contributed by atoms with Gasteiger partial charge in [-0.2, -0.15) is 5.26 Å². The smallest absolute Gasteiger partial charge is 0.317 e. The minimum Gasteiger partial charge on any atom is -0.468 e. The van der Waals surface area contributed by atoms with Crippen molar-refractivity contribution in [1.29, 1.82) is 5.26 Å². The fraction of sp³-hybridized carbons (Fsp3) is 0.231. The molecule has 0 saturated carbocycles. The highest BCUT2D eigenvalue weighted by molar-refractivity contribution is 5.92. The normalized spacial score (nSPS) is 12.9. The van der Waals surface area contributed by atoms with Gasteiger partial charge in [0.05, 0.1) is 19.6 Å². The Morgan fingerprint density at radius 1 is 1.10 bits per heavy atom. The highest BCUT2D eigenvalue weighted by atomic mass is 16.5. The number of pyridine rings is 1. The lowest BCUT2D eigenvalue weighted by Gasteiger charge is -2.25. The van der Waals surface area contributed by atoms with Crippen LogP contribution >= 0.6 is 0 Å². The molecule has 31 heavy (non-hydrogen) atoms. The van der Waals surface area contributed by atoms with Crippen LogP contribution < -0.4 is 0 Å². The van der Waals surface area contributed by atoms with Crippen LogP contribution in [0.3, 0.4) is 0 Å². The number of aromatic nitrogens is 1. The van der Waals surface area contributed by atoms with Crippen LogP contribution in [0.1, 0.15) is 24.1 Å². The molecule has 0 amide bonds. The van der Waals surface area contributed by atoms with Gasteiger partial charge >= 0.3 is 5.97 Å². The summed E-state index contributed by atoms with van der Waals surface area (Å²) in [5.74, 6) is -0.670. The fourth-order valence-corrected chi connectivity index (χ4v) is 3.61. The van der Waals surface area contributed by atoms with Gasteiger partial charge in [0.15, 0.2) is 5.78 Å². The third-order valence-electron chi connectivity index (χ3n) is 5.32. The largest absolute Gasteiger partial charge is 0.468 e. The predicted molar refractivity (Wildman–Crippen MR) is 119 cm³/mol. The monoisotopic (exact) mass is 412 g/mol. The molecule has 1 unspecified atom stereocenters. The number of hydrogen-bond donors (Lipinski definition) is 0. The predicted octanol–water partition coefficient (Wildman–Crippen LogP) is 4.61. The first kappa shape index (κ1) is 21.9. The Hall–Kier alpha value is -3.78.